The summed E-state index contributed by atoms with van der Waals surface area (Å²) < 4.78 is 7.41. The van der Waals surface area contributed by atoms with Crippen molar-refractivity contribution < 1.29 is 14.1 Å². The van der Waals surface area contributed by atoms with Crippen LogP contribution in [-0.4, -0.2) is 30.6 Å². The monoisotopic (exact) mass is 472 g/mol. The van der Waals surface area contributed by atoms with Gasteiger partial charge in [0, 0.05) is 29.9 Å². The van der Waals surface area contributed by atoms with Crippen molar-refractivity contribution in [2.24, 2.45) is 7.05 Å². The van der Waals surface area contributed by atoms with Crippen LogP contribution in [0.2, 0.25) is 0 Å². The van der Waals surface area contributed by atoms with Crippen molar-refractivity contribution >= 4 is 40.1 Å². The summed E-state index contributed by atoms with van der Waals surface area (Å²) in [5.74, 6) is 0.0126. The number of anilines is 1. The predicted molar refractivity (Wildman–Crippen MR) is 126 cm³/mol. The van der Waals surface area contributed by atoms with E-state index in [0.29, 0.717) is 27.2 Å². The van der Waals surface area contributed by atoms with Crippen LogP contribution in [0.15, 0.2) is 87.5 Å². The van der Waals surface area contributed by atoms with Crippen LogP contribution in [0, 0.1) is 10.1 Å². The molecule has 1 N–H and O–H groups in total. The summed E-state index contributed by atoms with van der Waals surface area (Å²) in [7, 11) is 1.74. The number of para-hydroxylation sites is 2. The van der Waals surface area contributed by atoms with E-state index < -0.39 is 10.8 Å². The number of amides is 1. The van der Waals surface area contributed by atoms with Gasteiger partial charge in [0.05, 0.1) is 9.82 Å². The Hall–Kier alpha value is -4.51. The third kappa shape index (κ3) is 4.24. The van der Waals surface area contributed by atoms with Crippen LogP contribution < -0.4 is 5.32 Å². The van der Waals surface area contributed by atoms with E-state index in [-0.39, 0.29) is 11.3 Å². The van der Waals surface area contributed by atoms with Gasteiger partial charge in [-0.05, 0) is 60.3 Å². The van der Waals surface area contributed by atoms with Gasteiger partial charge in [0.25, 0.3) is 11.6 Å². The van der Waals surface area contributed by atoms with Gasteiger partial charge < -0.3 is 14.3 Å². The van der Waals surface area contributed by atoms with Gasteiger partial charge in [-0.2, -0.15) is 0 Å². The average Bonchev–Trinajstić information content (AvgIpc) is 3.45. The molecule has 2 heterocycles. The SMILES string of the molecule is Cn1cnnc1Sc1ccc(C(=O)Nc2ccc(-c3nc4ccccc4o3)cc2)cc1[N+](=O)[O-]. The van der Waals surface area contributed by atoms with E-state index in [9.17, 15) is 14.9 Å². The number of hydrogen-bond donors (Lipinski definition) is 1. The number of aryl methyl sites for hydroxylation is 1. The topological polar surface area (TPSA) is 129 Å². The van der Waals surface area contributed by atoms with Gasteiger partial charge in [0.15, 0.2) is 10.7 Å². The Morgan fingerprint density at radius 2 is 1.91 bits per heavy atom. The molecule has 5 rings (SSSR count). The molecule has 5 aromatic rings. The van der Waals surface area contributed by atoms with Crippen molar-refractivity contribution in [3.8, 4) is 11.5 Å². The zero-order valence-corrected chi connectivity index (χ0v) is 18.5. The van der Waals surface area contributed by atoms with Crippen LogP contribution in [0.5, 0.6) is 0 Å². The zero-order chi connectivity index (χ0) is 23.7. The van der Waals surface area contributed by atoms with Crippen molar-refractivity contribution in [3.05, 3.63) is 88.7 Å². The number of benzene rings is 3. The molecule has 0 aliphatic rings. The molecule has 2 aromatic heterocycles. The van der Waals surface area contributed by atoms with Crippen LogP contribution in [0.25, 0.3) is 22.6 Å². The van der Waals surface area contributed by atoms with Gasteiger partial charge in [-0.1, -0.05) is 12.1 Å². The fourth-order valence-electron chi connectivity index (χ4n) is 3.25. The van der Waals surface area contributed by atoms with Crippen LogP contribution >= 0.6 is 11.8 Å². The molecule has 0 saturated heterocycles. The van der Waals surface area contributed by atoms with E-state index in [2.05, 4.69) is 20.5 Å². The molecular formula is C23H16N6O4S. The second-order valence-electron chi connectivity index (χ2n) is 7.28. The fraction of sp³-hybridized carbons (Fsp3) is 0.0435. The zero-order valence-electron chi connectivity index (χ0n) is 17.7. The Kier molecular flexibility index (Phi) is 5.52. The number of nitro groups is 1. The van der Waals surface area contributed by atoms with Gasteiger partial charge >= 0.3 is 0 Å². The van der Waals surface area contributed by atoms with Crippen LogP contribution in [0.4, 0.5) is 11.4 Å². The minimum Gasteiger partial charge on any atom is -0.436 e. The van der Waals surface area contributed by atoms with Crippen molar-refractivity contribution in [2.45, 2.75) is 10.1 Å². The highest BCUT2D eigenvalue weighted by atomic mass is 32.2. The first-order valence-electron chi connectivity index (χ1n) is 10.1. The summed E-state index contributed by atoms with van der Waals surface area (Å²) in [5, 5.41) is 22.6. The van der Waals surface area contributed by atoms with Gasteiger partial charge in [0.1, 0.15) is 11.8 Å². The molecule has 34 heavy (non-hydrogen) atoms. The number of carbonyl (C=O) groups excluding carboxylic acids is 1. The van der Waals surface area contributed by atoms with Crippen molar-refractivity contribution in [2.75, 3.05) is 5.32 Å². The highest BCUT2D eigenvalue weighted by Gasteiger charge is 2.20. The number of nitrogens with zero attached hydrogens (tertiary/aromatic N) is 5. The molecule has 0 radical (unpaired) electrons. The Balaban J connectivity index is 1.34. The molecule has 0 bridgehead atoms. The first kappa shape index (κ1) is 21.3. The third-order valence-corrected chi connectivity index (χ3v) is 6.09. The minimum atomic E-state index is -0.523. The van der Waals surface area contributed by atoms with Crippen LogP contribution in [0.1, 0.15) is 10.4 Å². The molecule has 0 saturated carbocycles. The Morgan fingerprint density at radius 3 is 2.62 bits per heavy atom. The first-order chi connectivity index (χ1) is 16.5. The molecule has 0 aliphatic heterocycles. The molecule has 0 fully saturated rings. The summed E-state index contributed by atoms with van der Waals surface area (Å²) in [6, 6.07) is 18.8. The molecule has 10 nitrogen and oxygen atoms in total. The molecular weight excluding hydrogens is 456 g/mol. The third-order valence-electron chi connectivity index (χ3n) is 4.97. The van der Waals surface area contributed by atoms with Crippen molar-refractivity contribution in [1.29, 1.82) is 0 Å². The molecule has 0 atom stereocenters. The molecule has 0 aliphatic carbocycles. The van der Waals surface area contributed by atoms with E-state index in [1.54, 1.807) is 35.9 Å². The lowest BCUT2D eigenvalue weighted by Gasteiger charge is -2.08. The van der Waals surface area contributed by atoms with E-state index in [1.807, 2.05) is 24.3 Å². The van der Waals surface area contributed by atoms with Crippen LogP contribution in [-0.2, 0) is 7.05 Å². The molecule has 3 aromatic carbocycles. The van der Waals surface area contributed by atoms with Gasteiger partial charge in [-0.25, -0.2) is 4.98 Å². The van der Waals surface area contributed by atoms with Gasteiger partial charge in [-0.3, -0.25) is 14.9 Å². The lowest BCUT2D eigenvalue weighted by molar-refractivity contribution is -0.387. The second-order valence-corrected chi connectivity index (χ2v) is 8.29. The molecule has 11 heteroatoms. The maximum Gasteiger partial charge on any atom is 0.284 e. The molecule has 168 valence electrons. The number of rotatable bonds is 6. The van der Waals surface area contributed by atoms with Crippen molar-refractivity contribution in [1.82, 2.24) is 19.7 Å². The number of carbonyl (C=O) groups is 1. The fourth-order valence-corrected chi connectivity index (χ4v) is 4.10. The molecule has 0 unspecified atom stereocenters. The van der Waals surface area contributed by atoms with Crippen LogP contribution in [0.3, 0.4) is 0 Å². The van der Waals surface area contributed by atoms with E-state index in [4.69, 9.17) is 4.42 Å². The second kappa shape index (κ2) is 8.79. The average molecular weight is 472 g/mol. The number of fused-ring (bicyclic) bond motifs is 1. The maximum absolute atomic E-state index is 12.7. The van der Waals surface area contributed by atoms with E-state index in [0.717, 1.165) is 22.8 Å². The standard InChI is InChI=1S/C23H16N6O4S/c1-28-13-24-27-23(28)34-20-11-8-15(12-18(20)29(31)32)21(30)25-16-9-6-14(7-10-16)22-26-17-4-2-3-5-19(17)33-22/h2-13H,1H3,(H,25,30). The van der Waals surface area contributed by atoms with Gasteiger partial charge in [0.2, 0.25) is 5.89 Å². The summed E-state index contributed by atoms with van der Waals surface area (Å²) in [6.45, 7) is 0. The normalized spacial score (nSPS) is 11.0. The number of nitro benzene ring substituents is 1. The largest absolute Gasteiger partial charge is 0.436 e. The summed E-state index contributed by atoms with van der Waals surface area (Å²) in [6.07, 6.45) is 1.51. The lowest BCUT2D eigenvalue weighted by atomic mass is 10.1. The Morgan fingerprint density at radius 1 is 1.12 bits per heavy atom. The number of hydrogen-bond acceptors (Lipinski definition) is 8. The van der Waals surface area contributed by atoms with Gasteiger partial charge in [-0.15, -0.1) is 10.2 Å². The number of nitrogens with one attached hydrogen (secondary N) is 1. The highest BCUT2D eigenvalue weighted by molar-refractivity contribution is 7.99. The Bertz CT molecular complexity index is 1490. The first-order valence-corrected chi connectivity index (χ1v) is 10.9. The summed E-state index contributed by atoms with van der Waals surface area (Å²) in [5.41, 5.74) is 2.72. The number of aromatic nitrogens is 4. The highest BCUT2D eigenvalue weighted by Crippen LogP contribution is 2.34. The van der Waals surface area contributed by atoms with E-state index in [1.165, 1.54) is 24.5 Å². The van der Waals surface area contributed by atoms with E-state index >= 15 is 0 Å². The smallest absolute Gasteiger partial charge is 0.284 e. The number of oxazole rings is 1. The predicted octanol–water partition coefficient (Wildman–Crippen LogP) is 4.94. The minimum absolute atomic E-state index is 0.164. The maximum atomic E-state index is 12.7. The molecule has 0 spiro atoms. The quantitative estimate of drug-likeness (QED) is 0.272. The lowest BCUT2D eigenvalue weighted by Crippen LogP contribution is -2.12. The summed E-state index contributed by atoms with van der Waals surface area (Å²) >= 11 is 1.10. The van der Waals surface area contributed by atoms with Crippen molar-refractivity contribution in [3.63, 3.8) is 0 Å². The summed E-state index contributed by atoms with van der Waals surface area (Å²) in [4.78, 5) is 28.6. The molecule has 1 amide bonds. The Labute approximate surface area is 196 Å².